The lowest BCUT2D eigenvalue weighted by Crippen LogP contribution is -2.45. The maximum Gasteiger partial charge on any atom is 0.0474 e. The highest BCUT2D eigenvalue weighted by Gasteiger charge is 2.30. The fourth-order valence-electron chi connectivity index (χ4n) is 3.80. The van der Waals surface area contributed by atoms with Crippen molar-refractivity contribution in [2.24, 2.45) is 11.8 Å². The van der Waals surface area contributed by atoms with E-state index in [4.69, 9.17) is 4.74 Å². The first-order chi connectivity index (χ1) is 10.2. The van der Waals surface area contributed by atoms with E-state index in [0.717, 1.165) is 37.5 Å². The van der Waals surface area contributed by atoms with Gasteiger partial charge in [0.25, 0.3) is 0 Å². The van der Waals surface area contributed by atoms with Gasteiger partial charge in [-0.25, -0.2) is 0 Å². The zero-order valence-electron chi connectivity index (χ0n) is 14.9. The molecule has 1 rings (SSSR count). The van der Waals surface area contributed by atoms with Crippen LogP contribution in [0.4, 0.5) is 0 Å². The molecule has 1 saturated carbocycles. The van der Waals surface area contributed by atoms with Gasteiger partial charge in [-0.1, -0.05) is 26.7 Å². The first kappa shape index (κ1) is 18.9. The Labute approximate surface area is 132 Å². The highest BCUT2D eigenvalue weighted by atomic mass is 16.5. The van der Waals surface area contributed by atoms with Crippen LogP contribution < -0.4 is 5.32 Å². The van der Waals surface area contributed by atoms with Crippen molar-refractivity contribution in [1.82, 2.24) is 10.2 Å². The molecule has 1 fully saturated rings. The molecular weight excluding hydrogens is 260 g/mol. The Morgan fingerprint density at radius 3 is 2.67 bits per heavy atom. The Bertz CT molecular complexity index is 247. The molecule has 1 N–H and O–H groups in total. The van der Waals surface area contributed by atoms with Crippen molar-refractivity contribution in [3.8, 4) is 0 Å². The molecule has 0 radical (unpaired) electrons. The van der Waals surface area contributed by atoms with Crippen LogP contribution >= 0.6 is 0 Å². The second kappa shape index (κ2) is 11.4. The molecule has 1 aliphatic rings. The van der Waals surface area contributed by atoms with Crippen LogP contribution in [0.5, 0.6) is 0 Å². The molecule has 1 aliphatic carbocycles. The van der Waals surface area contributed by atoms with Crippen LogP contribution in [0.1, 0.15) is 58.8 Å². The number of methoxy groups -OCH3 is 1. The van der Waals surface area contributed by atoms with Crippen LogP contribution in [0.25, 0.3) is 0 Å². The summed E-state index contributed by atoms with van der Waals surface area (Å²) in [6.07, 6.45) is 9.37. The number of hydrogen-bond acceptors (Lipinski definition) is 3. The highest BCUT2D eigenvalue weighted by Crippen LogP contribution is 2.32. The van der Waals surface area contributed by atoms with E-state index in [0.29, 0.717) is 0 Å². The lowest BCUT2D eigenvalue weighted by Gasteiger charge is -2.39. The topological polar surface area (TPSA) is 24.5 Å². The molecule has 0 aromatic rings. The normalized spacial score (nSPS) is 26.4. The second-order valence-electron chi connectivity index (χ2n) is 6.90. The van der Waals surface area contributed by atoms with E-state index in [9.17, 15) is 0 Å². The van der Waals surface area contributed by atoms with Crippen molar-refractivity contribution in [1.29, 1.82) is 0 Å². The standard InChI is InChI=1S/C18H38N2O/c1-5-8-16-9-10-18(19-11-6-2)17(14-16)15-20(3)12-7-13-21-4/h16-19H,5-15H2,1-4H3. The Hall–Kier alpha value is -0.120. The molecule has 3 atom stereocenters. The van der Waals surface area contributed by atoms with Crippen molar-refractivity contribution >= 4 is 0 Å². The fourth-order valence-corrected chi connectivity index (χ4v) is 3.80. The third-order valence-electron chi connectivity index (χ3n) is 4.88. The minimum atomic E-state index is 0.739. The van der Waals surface area contributed by atoms with E-state index in [-0.39, 0.29) is 0 Å². The average molecular weight is 299 g/mol. The predicted molar refractivity (Wildman–Crippen MR) is 91.8 cm³/mol. The van der Waals surface area contributed by atoms with E-state index in [1.54, 1.807) is 7.11 Å². The Morgan fingerprint density at radius 2 is 2.00 bits per heavy atom. The van der Waals surface area contributed by atoms with Gasteiger partial charge in [0.05, 0.1) is 0 Å². The average Bonchev–Trinajstić information content (AvgIpc) is 2.47. The molecule has 0 aliphatic heterocycles. The van der Waals surface area contributed by atoms with E-state index >= 15 is 0 Å². The van der Waals surface area contributed by atoms with E-state index in [1.807, 2.05) is 0 Å². The minimum Gasteiger partial charge on any atom is -0.385 e. The molecule has 0 aromatic heterocycles. The zero-order valence-corrected chi connectivity index (χ0v) is 14.9. The van der Waals surface area contributed by atoms with Crippen LogP contribution in [-0.2, 0) is 4.74 Å². The number of nitrogens with one attached hydrogen (secondary N) is 1. The molecule has 3 nitrogen and oxygen atoms in total. The van der Waals surface area contributed by atoms with Crippen LogP contribution in [0.3, 0.4) is 0 Å². The van der Waals surface area contributed by atoms with E-state index in [2.05, 4.69) is 31.1 Å². The first-order valence-electron chi connectivity index (χ1n) is 9.12. The number of nitrogens with zero attached hydrogens (tertiary/aromatic N) is 1. The summed E-state index contributed by atoms with van der Waals surface area (Å²) in [5.74, 6) is 1.79. The lowest BCUT2D eigenvalue weighted by molar-refractivity contribution is 0.136. The van der Waals surface area contributed by atoms with Crippen molar-refractivity contribution in [2.75, 3.05) is 40.4 Å². The van der Waals surface area contributed by atoms with Gasteiger partial charge in [0.1, 0.15) is 0 Å². The van der Waals surface area contributed by atoms with Crippen molar-refractivity contribution in [3.05, 3.63) is 0 Å². The SMILES string of the molecule is CCCNC1CCC(CCC)CC1CN(C)CCCOC. The summed E-state index contributed by atoms with van der Waals surface area (Å²) in [5.41, 5.74) is 0. The van der Waals surface area contributed by atoms with Gasteiger partial charge in [-0.2, -0.15) is 0 Å². The van der Waals surface area contributed by atoms with Crippen molar-refractivity contribution < 1.29 is 4.74 Å². The molecule has 126 valence electrons. The van der Waals surface area contributed by atoms with Gasteiger partial charge >= 0.3 is 0 Å². The van der Waals surface area contributed by atoms with Gasteiger partial charge in [-0.15, -0.1) is 0 Å². The smallest absolute Gasteiger partial charge is 0.0474 e. The number of hydrogen-bond donors (Lipinski definition) is 1. The molecule has 0 saturated heterocycles. The molecule has 21 heavy (non-hydrogen) atoms. The molecule has 0 amide bonds. The van der Waals surface area contributed by atoms with Gasteiger partial charge in [-0.05, 0) is 57.5 Å². The second-order valence-corrected chi connectivity index (χ2v) is 6.90. The summed E-state index contributed by atoms with van der Waals surface area (Å²) in [4.78, 5) is 2.51. The van der Waals surface area contributed by atoms with Crippen LogP contribution in [-0.4, -0.2) is 51.3 Å². The highest BCUT2D eigenvalue weighted by molar-refractivity contribution is 4.86. The summed E-state index contributed by atoms with van der Waals surface area (Å²) in [5, 5.41) is 3.81. The van der Waals surface area contributed by atoms with Gasteiger partial charge < -0.3 is 15.0 Å². The summed E-state index contributed by atoms with van der Waals surface area (Å²) >= 11 is 0. The molecule has 0 aromatic carbocycles. The van der Waals surface area contributed by atoms with Gasteiger partial charge in [0.2, 0.25) is 0 Å². The van der Waals surface area contributed by atoms with Gasteiger partial charge in [0, 0.05) is 32.8 Å². The van der Waals surface area contributed by atoms with Crippen LogP contribution in [0.2, 0.25) is 0 Å². The lowest BCUT2D eigenvalue weighted by atomic mass is 9.76. The Morgan fingerprint density at radius 1 is 1.19 bits per heavy atom. The third-order valence-corrected chi connectivity index (χ3v) is 4.88. The molecule has 3 unspecified atom stereocenters. The Balaban J connectivity index is 2.44. The van der Waals surface area contributed by atoms with Crippen LogP contribution in [0, 0.1) is 11.8 Å². The molecule has 0 bridgehead atoms. The predicted octanol–water partition coefficient (Wildman–Crippen LogP) is 3.54. The summed E-state index contributed by atoms with van der Waals surface area (Å²) in [7, 11) is 4.07. The molecule has 0 heterocycles. The van der Waals surface area contributed by atoms with Gasteiger partial charge in [-0.3, -0.25) is 0 Å². The summed E-state index contributed by atoms with van der Waals surface area (Å²) in [6.45, 7) is 9.04. The number of rotatable bonds is 11. The van der Waals surface area contributed by atoms with E-state index in [1.165, 1.54) is 51.6 Å². The summed E-state index contributed by atoms with van der Waals surface area (Å²) < 4.78 is 5.17. The first-order valence-corrected chi connectivity index (χ1v) is 9.12. The van der Waals surface area contributed by atoms with Crippen LogP contribution in [0.15, 0.2) is 0 Å². The fraction of sp³-hybridized carbons (Fsp3) is 1.00. The van der Waals surface area contributed by atoms with Crippen molar-refractivity contribution in [2.45, 2.75) is 64.8 Å². The van der Waals surface area contributed by atoms with Gasteiger partial charge in [0.15, 0.2) is 0 Å². The molecular formula is C18H38N2O. The number of ether oxygens (including phenoxy) is 1. The summed E-state index contributed by atoms with van der Waals surface area (Å²) in [6, 6.07) is 0.739. The quantitative estimate of drug-likeness (QED) is 0.591. The monoisotopic (exact) mass is 298 g/mol. The Kier molecular flexibility index (Phi) is 10.3. The van der Waals surface area contributed by atoms with E-state index < -0.39 is 0 Å². The zero-order chi connectivity index (χ0) is 15.5. The maximum atomic E-state index is 5.17. The molecule has 3 heteroatoms. The molecule has 0 spiro atoms. The third kappa shape index (κ3) is 7.62. The largest absolute Gasteiger partial charge is 0.385 e. The minimum absolute atomic E-state index is 0.739. The van der Waals surface area contributed by atoms with Crippen molar-refractivity contribution in [3.63, 3.8) is 0 Å². The maximum absolute atomic E-state index is 5.17.